The maximum absolute atomic E-state index is 13.0. The minimum atomic E-state index is -3.88. The van der Waals surface area contributed by atoms with Gasteiger partial charge < -0.3 is 14.6 Å². The van der Waals surface area contributed by atoms with E-state index in [0.717, 1.165) is 0 Å². The molecule has 1 aromatic heterocycles. The van der Waals surface area contributed by atoms with Gasteiger partial charge >= 0.3 is 0 Å². The summed E-state index contributed by atoms with van der Waals surface area (Å²) >= 11 is 0. The molecule has 9 heteroatoms. The number of aryl methyl sites for hydroxylation is 2. The molecule has 0 saturated carbocycles. The number of carbonyl (C=O) groups excluding carboxylic acids is 1. The van der Waals surface area contributed by atoms with Gasteiger partial charge in [0.05, 0.1) is 17.7 Å². The Kier molecular flexibility index (Phi) is 6.35. The second-order valence-electron chi connectivity index (χ2n) is 7.43. The number of ether oxygens (including phenoxy) is 1. The molecule has 0 saturated heterocycles. The monoisotopic (exact) mass is 443 g/mol. The van der Waals surface area contributed by atoms with Gasteiger partial charge in [0.25, 0.3) is 15.9 Å². The lowest BCUT2D eigenvalue weighted by atomic mass is 10.0. The molecule has 0 aliphatic rings. The number of hydrogen-bond acceptors (Lipinski definition) is 6. The Morgan fingerprint density at radius 1 is 1.06 bits per heavy atom. The molecule has 0 atom stereocenters. The number of methoxy groups -OCH3 is 1. The van der Waals surface area contributed by atoms with Crippen molar-refractivity contribution in [1.29, 1.82) is 0 Å². The molecule has 2 N–H and O–H groups in total. The van der Waals surface area contributed by atoms with Gasteiger partial charge in [-0.1, -0.05) is 25.1 Å². The zero-order chi connectivity index (χ0) is 22.8. The molecule has 1 heterocycles. The number of nitrogens with zero attached hydrogens (tertiary/aromatic N) is 1. The van der Waals surface area contributed by atoms with Crippen LogP contribution in [0.5, 0.6) is 5.75 Å². The highest BCUT2D eigenvalue weighted by molar-refractivity contribution is 7.92. The highest BCUT2D eigenvalue weighted by Gasteiger charge is 2.24. The fourth-order valence-electron chi connectivity index (χ4n) is 3.09. The molecule has 0 radical (unpaired) electrons. The van der Waals surface area contributed by atoms with E-state index in [1.165, 1.54) is 13.2 Å². The van der Waals surface area contributed by atoms with Crippen molar-refractivity contribution in [2.45, 2.75) is 38.5 Å². The Hall–Kier alpha value is -3.33. The van der Waals surface area contributed by atoms with Crippen LogP contribution in [0, 0.1) is 13.8 Å². The van der Waals surface area contributed by atoms with Gasteiger partial charge in [-0.3, -0.25) is 9.52 Å². The van der Waals surface area contributed by atoms with Crippen molar-refractivity contribution >= 4 is 27.3 Å². The van der Waals surface area contributed by atoms with Crippen LogP contribution in [-0.4, -0.2) is 26.6 Å². The summed E-state index contributed by atoms with van der Waals surface area (Å²) in [5.41, 5.74) is 2.12. The fourth-order valence-corrected chi connectivity index (χ4v) is 4.42. The first-order valence-corrected chi connectivity index (χ1v) is 11.2. The van der Waals surface area contributed by atoms with Gasteiger partial charge in [0.15, 0.2) is 5.76 Å². The van der Waals surface area contributed by atoms with Gasteiger partial charge in [0, 0.05) is 17.3 Å². The highest BCUT2D eigenvalue weighted by atomic mass is 32.2. The fraction of sp³-hybridized carbons (Fsp3) is 0.273. The molecule has 0 aliphatic heterocycles. The second kappa shape index (κ2) is 8.81. The lowest BCUT2D eigenvalue weighted by Crippen LogP contribution is -2.17. The van der Waals surface area contributed by atoms with Crippen LogP contribution in [-0.2, 0) is 10.0 Å². The van der Waals surface area contributed by atoms with Crippen LogP contribution in [0.25, 0.3) is 0 Å². The molecule has 31 heavy (non-hydrogen) atoms. The number of rotatable bonds is 7. The van der Waals surface area contributed by atoms with E-state index in [1.807, 2.05) is 13.8 Å². The van der Waals surface area contributed by atoms with Crippen molar-refractivity contribution in [3.63, 3.8) is 0 Å². The van der Waals surface area contributed by atoms with E-state index in [1.54, 1.807) is 50.2 Å². The summed E-state index contributed by atoms with van der Waals surface area (Å²) in [6.07, 6.45) is 0. The van der Waals surface area contributed by atoms with Crippen LogP contribution in [0.2, 0.25) is 0 Å². The SMILES string of the molecule is COc1ccc(NS(=O)(=O)c2cc(NC(=O)c3c(C)noc3C(C)C)ccc2C)cc1. The van der Waals surface area contributed by atoms with Crippen LogP contribution in [0.1, 0.15) is 47.1 Å². The highest BCUT2D eigenvalue weighted by Crippen LogP contribution is 2.26. The van der Waals surface area contributed by atoms with Crippen LogP contribution in [0.3, 0.4) is 0 Å². The van der Waals surface area contributed by atoms with Gasteiger partial charge in [-0.05, 0) is 55.8 Å². The summed E-state index contributed by atoms with van der Waals surface area (Å²) in [4.78, 5) is 12.9. The standard InChI is InChI=1S/C22H25N3O5S/c1-13(2)21-20(15(4)24-30-21)22(26)23-17-7-6-14(3)19(12-17)31(27,28)25-16-8-10-18(29-5)11-9-16/h6-13,25H,1-5H3,(H,23,26). The summed E-state index contributed by atoms with van der Waals surface area (Å²) in [7, 11) is -2.34. The van der Waals surface area contributed by atoms with Crippen molar-refractivity contribution in [2.24, 2.45) is 0 Å². The summed E-state index contributed by atoms with van der Waals surface area (Å²) < 4.78 is 38.8. The van der Waals surface area contributed by atoms with Crippen LogP contribution < -0.4 is 14.8 Å². The number of sulfonamides is 1. The molecule has 0 aliphatic carbocycles. The maximum atomic E-state index is 13.0. The Bertz CT molecular complexity index is 1200. The van der Waals surface area contributed by atoms with Gasteiger partial charge in [-0.25, -0.2) is 8.42 Å². The lowest BCUT2D eigenvalue weighted by molar-refractivity contribution is 0.102. The molecule has 0 unspecified atom stereocenters. The number of aromatic nitrogens is 1. The summed E-state index contributed by atoms with van der Waals surface area (Å²) in [6, 6.07) is 11.3. The molecule has 0 bridgehead atoms. The Morgan fingerprint density at radius 2 is 1.71 bits per heavy atom. The first-order valence-electron chi connectivity index (χ1n) is 9.67. The minimum Gasteiger partial charge on any atom is -0.497 e. The first kappa shape index (κ1) is 22.4. The molecule has 0 spiro atoms. The minimum absolute atomic E-state index is 0.0235. The summed E-state index contributed by atoms with van der Waals surface area (Å²) in [5.74, 6) is 0.673. The largest absolute Gasteiger partial charge is 0.497 e. The average Bonchev–Trinajstić information content (AvgIpc) is 3.11. The van der Waals surface area contributed by atoms with E-state index in [0.29, 0.717) is 39.7 Å². The second-order valence-corrected chi connectivity index (χ2v) is 9.08. The van der Waals surface area contributed by atoms with E-state index in [4.69, 9.17) is 9.26 Å². The molecular formula is C22H25N3O5S. The topological polar surface area (TPSA) is 111 Å². The zero-order valence-corrected chi connectivity index (χ0v) is 18.8. The van der Waals surface area contributed by atoms with Crippen molar-refractivity contribution in [3.05, 3.63) is 65.0 Å². The smallest absolute Gasteiger partial charge is 0.262 e. The molecule has 3 aromatic rings. The lowest BCUT2D eigenvalue weighted by Gasteiger charge is -2.13. The number of carbonyl (C=O) groups is 1. The van der Waals surface area contributed by atoms with Gasteiger partial charge in [-0.15, -0.1) is 0 Å². The number of nitrogens with one attached hydrogen (secondary N) is 2. The maximum Gasteiger partial charge on any atom is 0.262 e. The third kappa shape index (κ3) is 4.88. The van der Waals surface area contributed by atoms with Gasteiger partial charge in [0.1, 0.15) is 11.3 Å². The molecule has 2 aromatic carbocycles. The predicted octanol–water partition coefficient (Wildman–Crippen LogP) is 4.48. The third-order valence-electron chi connectivity index (χ3n) is 4.72. The van der Waals surface area contributed by atoms with E-state index in [9.17, 15) is 13.2 Å². The number of hydrogen-bond donors (Lipinski definition) is 2. The van der Waals surface area contributed by atoms with E-state index >= 15 is 0 Å². The van der Waals surface area contributed by atoms with E-state index in [-0.39, 0.29) is 10.8 Å². The van der Waals surface area contributed by atoms with Gasteiger partial charge in [0.2, 0.25) is 0 Å². The molecule has 164 valence electrons. The van der Waals surface area contributed by atoms with Gasteiger partial charge in [-0.2, -0.15) is 0 Å². The van der Waals surface area contributed by atoms with Crippen molar-refractivity contribution < 1.29 is 22.5 Å². The Balaban J connectivity index is 1.87. The molecule has 0 fully saturated rings. The van der Waals surface area contributed by atoms with Crippen LogP contribution in [0.4, 0.5) is 11.4 Å². The van der Waals surface area contributed by atoms with Crippen molar-refractivity contribution in [1.82, 2.24) is 5.16 Å². The Labute approximate surface area is 181 Å². The molecule has 3 rings (SSSR count). The van der Waals surface area contributed by atoms with Crippen LogP contribution >= 0.6 is 0 Å². The van der Waals surface area contributed by atoms with Crippen molar-refractivity contribution in [2.75, 3.05) is 17.1 Å². The average molecular weight is 444 g/mol. The van der Waals surface area contributed by atoms with Crippen LogP contribution in [0.15, 0.2) is 51.9 Å². The van der Waals surface area contributed by atoms with E-state index in [2.05, 4.69) is 15.2 Å². The zero-order valence-electron chi connectivity index (χ0n) is 18.0. The normalized spacial score (nSPS) is 11.4. The summed E-state index contributed by atoms with van der Waals surface area (Å²) in [6.45, 7) is 7.18. The number of anilines is 2. The number of benzene rings is 2. The molecule has 1 amide bonds. The Morgan fingerprint density at radius 3 is 2.32 bits per heavy atom. The number of amides is 1. The predicted molar refractivity (Wildman–Crippen MR) is 118 cm³/mol. The van der Waals surface area contributed by atoms with E-state index < -0.39 is 15.9 Å². The molecular weight excluding hydrogens is 418 g/mol. The third-order valence-corrected chi connectivity index (χ3v) is 6.24. The first-order chi connectivity index (χ1) is 14.6. The molecule has 8 nitrogen and oxygen atoms in total. The summed E-state index contributed by atoms with van der Waals surface area (Å²) in [5, 5.41) is 6.63. The van der Waals surface area contributed by atoms with Crippen molar-refractivity contribution in [3.8, 4) is 5.75 Å². The quantitative estimate of drug-likeness (QED) is 0.557.